The molecule has 0 unspecified atom stereocenters. The summed E-state index contributed by atoms with van der Waals surface area (Å²) in [5.74, 6) is 0.592. The van der Waals surface area contributed by atoms with Crippen LogP contribution in [0.2, 0.25) is 0 Å². The summed E-state index contributed by atoms with van der Waals surface area (Å²) < 4.78 is 45.0. The first-order valence-corrected chi connectivity index (χ1v) is 11.3. The summed E-state index contributed by atoms with van der Waals surface area (Å²) in [5.41, 5.74) is 1.40. The monoisotopic (exact) mass is 461 g/mol. The lowest BCUT2D eigenvalue weighted by atomic mass is 10.0. The molecule has 9 heteroatoms. The highest BCUT2D eigenvalue weighted by Crippen LogP contribution is 2.41. The number of carbonyl (C=O) groups excluding carboxylic acids is 1. The Bertz CT molecular complexity index is 1180. The quantitative estimate of drug-likeness (QED) is 0.530. The fourth-order valence-electron chi connectivity index (χ4n) is 4.23. The second kappa shape index (κ2) is 7.67. The van der Waals surface area contributed by atoms with Crippen molar-refractivity contribution in [3.8, 4) is 11.3 Å². The van der Waals surface area contributed by atoms with Gasteiger partial charge in [0.25, 0.3) is 5.91 Å². The number of hydrogen-bond acceptors (Lipinski definition) is 5. The van der Waals surface area contributed by atoms with Crippen LogP contribution < -0.4 is 10.6 Å². The zero-order valence-corrected chi connectivity index (χ0v) is 18.4. The molecule has 0 spiro atoms. The average molecular weight is 462 g/mol. The summed E-state index contributed by atoms with van der Waals surface area (Å²) >= 11 is 1.59. The Morgan fingerprint density at radius 3 is 2.75 bits per heavy atom. The number of carbonyl (C=O) groups is 1. The first-order valence-electron chi connectivity index (χ1n) is 10.4. The summed E-state index contributed by atoms with van der Waals surface area (Å²) in [6, 6.07) is 8.73. The highest BCUT2D eigenvalue weighted by Gasteiger charge is 2.35. The smallest absolute Gasteiger partial charge is 0.416 e. The number of rotatable bonds is 3. The van der Waals surface area contributed by atoms with Crippen LogP contribution in [0.25, 0.3) is 11.3 Å². The predicted molar refractivity (Wildman–Crippen MR) is 117 cm³/mol. The number of amides is 1. The van der Waals surface area contributed by atoms with E-state index in [1.165, 1.54) is 10.9 Å². The number of fused-ring (bicyclic) bond motifs is 3. The fraction of sp³-hybridized carbons (Fsp3) is 0.348. The lowest BCUT2D eigenvalue weighted by Crippen LogP contribution is -2.39. The molecule has 0 radical (unpaired) electrons. The van der Waals surface area contributed by atoms with Gasteiger partial charge in [0.1, 0.15) is 16.5 Å². The average Bonchev–Trinajstić information content (AvgIpc) is 3.37. The Morgan fingerprint density at radius 2 is 2.00 bits per heavy atom. The van der Waals surface area contributed by atoms with Crippen molar-refractivity contribution in [3.63, 3.8) is 0 Å². The van der Waals surface area contributed by atoms with E-state index in [9.17, 15) is 18.0 Å². The molecule has 3 aromatic rings. The van der Waals surface area contributed by atoms with Crippen LogP contribution in [0.4, 0.5) is 18.2 Å². The van der Waals surface area contributed by atoms with Crippen molar-refractivity contribution in [2.75, 3.05) is 11.9 Å². The molecule has 32 heavy (non-hydrogen) atoms. The molecule has 5 nitrogen and oxygen atoms in total. The number of alkyl halides is 3. The van der Waals surface area contributed by atoms with Crippen molar-refractivity contribution in [1.29, 1.82) is 0 Å². The van der Waals surface area contributed by atoms with E-state index in [4.69, 9.17) is 4.42 Å². The van der Waals surface area contributed by atoms with Crippen LogP contribution in [0.5, 0.6) is 0 Å². The largest absolute Gasteiger partial charge is 0.457 e. The van der Waals surface area contributed by atoms with Crippen molar-refractivity contribution in [3.05, 3.63) is 63.7 Å². The van der Waals surface area contributed by atoms with Crippen LogP contribution in [-0.2, 0) is 19.1 Å². The molecule has 0 saturated heterocycles. The summed E-state index contributed by atoms with van der Waals surface area (Å²) in [6.07, 6.45) is -4.18. The first kappa shape index (κ1) is 21.1. The van der Waals surface area contributed by atoms with Gasteiger partial charge in [0.05, 0.1) is 11.1 Å². The third-order valence-electron chi connectivity index (χ3n) is 5.98. The minimum atomic E-state index is -4.43. The van der Waals surface area contributed by atoms with Gasteiger partial charge >= 0.3 is 6.18 Å². The Hall–Kier alpha value is -2.78. The van der Waals surface area contributed by atoms with Gasteiger partial charge in [-0.15, -0.1) is 11.3 Å². The van der Waals surface area contributed by atoms with Gasteiger partial charge in [-0.3, -0.25) is 9.69 Å². The first-order chi connectivity index (χ1) is 15.2. The molecule has 1 aromatic carbocycles. The predicted octanol–water partition coefficient (Wildman–Crippen LogP) is 5.65. The van der Waals surface area contributed by atoms with Gasteiger partial charge < -0.3 is 15.1 Å². The van der Waals surface area contributed by atoms with Gasteiger partial charge in [-0.2, -0.15) is 13.2 Å². The Morgan fingerprint density at radius 1 is 1.19 bits per heavy atom. The number of hydrogen-bond donors (Lipinski definition) is 2. The van der Waals surface area contributed by atoms with E-state index in [1.807, 2.05) is 0 Å². The number of anilines is 1. The van der Waals surface area contributed by atoms with Crippen molar-refractivity contribution in [1.82, 2.24) is 10.2 Å². The third-order valence-corrected chi connectivity index (χ3v) is 7.13. The van der Waals surface area contributed by atoms with Crippen molar-refractivity contribution in [2.24, 2.45) is 0 Å². The van der Waals surface area contributed by atoms with E-state index in [0.717, 1.165) is 42.2 Å². The third kappa shape index (κ3) is 3.69. The normalized spacial score (nSPS) is 18.8. The number of benzene rings is 1. The van der Waals surface area contributed by atoms with Crippen molar-refractivity contribution >= 4 is 22.2 Å². The second-order valence-corrected chi connectivity index (χ2v) is 9.46. The molecule has 0 saturated carbocycles. The summed E-state index contributed by atoms with van der Waals surface area (Å²) in [4.78, 5) is 16.5. The molecule has 2 aromatic heterocycles. The molecule has 168 valence electrons. The van der Waals surface area contributed by atoms with Gasteiger partial charge in [-0.1, -0.05) is 12.1 Å². The Labute approximate surface area is 187 Å². The fourth-order valence-corrected chi connectivity index (χ4v) is 5.53. The summed E-state index contributed by atoms with van der Waals surface area (Å²) in [7, 11) is 0. The molecule has 2 aliphatic heterocycles. The molecule has 0 aliphatic carbocycles. The number of nitrogens with zero attached hydrogens (tertiary/aromatic N) is 1. The standard InChI is InChI=1S/C23H22F3N3O2S/c1-12(2)29-9-8-15-18(11-29)32-22-19(15)21(30)27-20(28-22)17-7-6-16(31-17)13-4-3-5-14(10-13)23(24,25)26/h3-7,10,12,20,28H,8-9,11H2,1-2H3,(H,27,30)/t20-/m0/s1. The molecule has 4 heterocycles. The molecular weight excluding hydrogens is 439 g/mol. The zero-order chi connectivity index (χ0) is 22.6. The van der Waals surface area contributed by atoms with Gasteiger partial charge in [-0.05, 0) is 50.1 Å². The van der Waals surface area contributed by atoms with E-state index in [-0.39, 0.29) is 5.91 Å². The van der Waals surface area contributed by atoms with Crippen LogP contribution in [0.3, 0.4) is 0 Å². The Kier molecular flexibility index (Phi) is 5.05. The SMILES string of the molecule is CC(C)N1CCc2c(sc3c2C(=O)N[C@H](c2ccc(-c4cccc(C(F)(F)F)c4)o2)N3)C1. The van der Waals surface area contributed by atoms with E-state index in [2.05, 4.69) is 29.4 Å². The Balaban J connectivity index is 1.40. The topological polar surface area (TPSA) is 57.5 Å². The molecule has 1 amide bonds. The number of nitrogens with one attached hydrogen (secondary N) is 2. The molecule has 1 atom stereocenters. The summed E-state index contributed by atoms with van der Waals surface area (Å²) in [6.45, 7) is 6.07. The molecular formula is C23H22F3N3O2S. The zero-order valence-electron chi connectivity index (χ0n) is 17.5. The van der Waals surface area contributed by atoms with E-state index in [1.54, 1.807) is 29.5 Å². The number of halogens is 3. The summed E-state index contributed by atoms with van der Waals surface area (Å²) in [5, 5.41) is 7.08. The second-order valence-electron chi connectivity index (χ2n) is 8.35. The maximum absolute atomic E-state index is 13.0. The molecule has 0 fully saturated rings. The molecule has 2 aliphatic rings. The minimum absolute atomic E-state index is 0.156. The maximum Gasteiger partial charge on any atom is 0.416 e. The number of thiophene rings is 1. The minimum Gasteiger partial charge on any atom is -0.457 e. The van der Waals surface area contributed by atoms with Crippen LogP contribution in [-0.4, -0.2) is 23.4 Å². The van der Waals surface area contributed by atoms with Crippen LogP contribution in [0.15, 0.2) is 40.8 Å². The molecule has 2 N–H and O–H groups in total. The van der Waals surface area contributed by atoms with Gasteiger partial charge in [0, 0.05) is 29.6 Å². The van der Waals surface area contributed by atoms with Gasteiger partial charge in [-0.25, -0.2) is 0 Å². The van der Waals surface area contributed by atoms with E-state index in [0.29, 0.717) is 28.7 Å². The van der Waals surface area contributed by atoms with E-state index < -0.39 is 17.9 Å². The van der Waals surface area contributed by atoms with E-state index >= 15 is 0 Å². The number of furan rings is 1. The highest BCUT2D eigenvalue weighted by atomic mass is 32.1. The van der Waals surface area contributed by atoms with Crippen LogP contribution in [0, 0.1) is 0 Å². The van der Waals surface area contributed by atoms with Gasteiger partial charge in [0.15, 0.2) is 6.17 Å². The van der Waals surface area contributed by atoms with Crippen molar-refractivity contribution < 1.29 is 22.4 Å². The van der Waals surface area contributed by atoms with Crippen molar-refractivity contribution in [2.45, 2.75) is 45.2 Å². The molecule has 0 bridgehead atoms. The highest BCUT2D eigenvalue weighted by molar-refractivity contribution is 7.16. The van der Waals surface area contributed by atoms with Crippen LogP contribution in [0.1, 0.15) is 52.1 Å². The lowest BCUT2D eigenvalue weighted by molar-refractivity contribution is -0.137. The van der Waals surface area contributed by atoms with Crippen LogP contribution >= 0.6 is 11.3 Å². The van der Waals surface area contributed by atoms with Gasteiger partial charge in [0.2, 0.25) is 0 Å². The lowest BCUT2D eigenvalue weighted by Gasteiger charge is -2.30. The maximum atomic E-state index is 13.0. The molecule has 5 rings (SSSR count).